The Balaban J connectivity index is 1.36. The zero-order chi connectivity index (χ0) is 20.9. The van der Waals surface area contributed by atoms with Gasteiger partial charge in [-0.25, -0.2) is 4.98 Å². The normalized spacial score (nSPS) is 16.4. The number of nitrogens with zero attached hydrogens (tertiary/aromatic N) is 3. The molecule has 30 heavy (non-hydrogen) atoms. The van der Waals surface area contributed by atoms with Gasteiger partial charge < -0.3 is 14.8 Å². The van der Waals surface area contributed by atoms with Gasteiger partial charge in [0.15, 0.2) is 0 Å². The first-order valence-corrected chi connectivity index (χ1v) is 10.8. The van der Waals surface area contributed by atoms with E-state index in [-0.39, 0.29) is 11.9 Å². The van der Waals surface area contributed by atoms with Crippen molar-refractivity contribution in [2.45, 2.75) is 45.4 Å². The number of aromatic nitrogens is 2. The van der Waals surface area contributed by atoms with Crippen LogP contribution in [-0.4, -0.2) is 32.9 Å². The lowest BCUT2D eigenvalue weighted by Gasteiger charge is -2.20. The third-order valence-electron chi connectivity index (χ3n) is 5.75. The highest BCUT2D eigenvalue weighted by Crippen LogP contribution is 2.24. The van der Waals surface area contributed by atoms with E-state index in [0.717, 1.165) is 47.8 Å². The molecule has 3 aromatic rings. The predicted molar refractivity (Wildman–Crippen MR) is 119 cm³/mol. The van der Waals surface area contributed by atoms with Gasteiger partial charge in [0, 0.05) is 37.4 Å². The number of carbonyl (C=O) groups excluding carboxylic acids is 1. The Morgan fingerprint density at radius 1 is 1.13 bits per heavy atom. The molecule has 0 bridgehead atoms. The molecule has 1 fully saturated rings. The standard InChI is InChI=1S/C24H27ClN4O/c1-2-21-19(9-6-10-22(21)25)16-28-12-11-23(24(28)30)27-14-20-13-26-17-29(20)15-18-7-4-3-5-8-18/h3-10,13,17,23,27H,2,11-12,14-16H2,1H3/t23-/m0/s1. The van der Waals surface area contributed by atoms with Crippen molar-refractivity contribution in [3.63, 3.8) is 0 Å². The smallest absolute Gasteiger partial charge is 0.240 e. The highest BCUT2D eigenvalue weighted by Gasteiger charge is 2.31. The number of halogens is 1. The number of benzene rings is 2. The van der Waals surface area contributed by atoms with Crippen molar-refractivity contribution in [2.75, 3.05) is 6.54 Å². The fourth-order valence-electron chi connectivity index (χ4n) is 4.08. The first kappa shape index (κ1) is 20.6. The van der Waals surface area contributed by atoms with E-state index in [4.69, 9.17) is 11.6 Å². The lowest BCUT2D eigenvalue weighted by Crippen LogP contribution is -2.38. The third-order valence-corrected chi connectivity index (χ3v) is 6.11. The van der Waals surface area contributed by atoms with Crippen molar-refractivity contribution in [3.8, 4) is 0 Å². The van der Waals surface area contributed by atoms with Gasteiger partial charge in [0.2, 0.25) is 5.91 Å². The van der Waals surface area contributed by atoms with E-state index < -0.39 is 0 Å². The van der Waals surface area contributed by atoms with Crippen molar-refractivity contribution >= 4 is 17.5 Å². The summed E-state index contributed by atoms with van der Waals surface area (Å²) in [6.45, 7) is 4.87. The Kier molecular flexibility index (Phi) is 6.50. The van der Waals surface area contributed by atoms with Crippen LogP contribution in [0.4, 0.5) is 0 Å². The zero-order valence-corrected chi connectivity index (χ0v) is 18.0. The number of rotatable bonds is 8. The maximum absolute atomic E-state index is 12.9. The number of carbonyl (C=O) groups is 1. The lowest BCUT2D eigenvalue weighted by atomic mass is 10.0. The molecule has 5 nitrogen and oxygen atoms in total. The van der Waals surface area contributed by atoms with Crippen LogP contribution in [0, 0.1) is 0 Å². The summed E-state index contributed by atoms with van der Waals surface area (Å²) in [5.74, 6) is 0.158. The Labute approximate surface area is 182 Å². The first-order chi connectivity index (χ1) is 14.7. The van der Waals surface area contributed by atoms with E-state index in [0.29, 0.717) is 13.1 Å². The molecule has 2 heterocycles. The van der Waals surface area contributed by atoms with Gasteiger partial charge in [-0.3, -0.25) is 4.79 Å². The molecular weight excluding hydrogens is 396 g/mol. The highest BCUT2D eigenvalue weighted by molar-refractivity contribution is 6.31. The minimum atomic E-state index is -0.158. The molecule has 1 atom stereocenters. The molecule has 0 aliphatic carbocycles. The maximum Gasteiger partial charge on any atom is 0.240 e. The van der Waals surface area contributed by atoms with E-state index in [1.165, 1.54) is 5.56 Å². The fourth-order valence-corrected chi connectivity index (χ4v) is 4.41. The summed E-state index contributed by atoms with van der Waals surface area (Å²) in [4.78, 5) is 19.2. The summed E-state index contributed by atoms with van der Waals surface area (Å²) in [6.07, 6.45) is 5.39. The minimum Gasteiger partial charge on any atom is -0.337 e. The molecule has 1 aliphatic rings. The van der Waals surface area contributed by atoms with E-state index in [9.17, 15) is 4.79 Å². The SMILES string of the molecule is CCc1c(Cl)cccc1CN1CC[C@H](NCc2cncn2Cc2ccccc2)C1=O. The van der Waals surface area contributed by atoms with Crippen LogP contribution in [0.25, 0.3) is 0 Å². The average molecular weight is 423 g/mol. The topological polar surface area (TPSA) is 50.2 Å². The lowest BCUT2D eigenvalue weighted by molar-refractivity contribution is -0.129. The third kappa shape index (κ3) is 4.58. The summed E-state index contributed by atoms with van der Waals surface area (Å²) < 4.78 is 2.12. The molecule has 6 heteroatoms. The average Bonchev–Trinajstić information content (AvgIpc) is 3.34. The Morgan fingerprint density at radius 2 is 1.97 bits per heavy atom. The summed E-state index contributed by atoms with van der Waals surface area (Å²) in [5, 5.41) is 4.22. The molecular formula is C24H27ClN4O. The number of nitrogens with one attached hydrogen (secondary N) is 1. The van der Waals surface area contributed by atoms with Crippen LogP contribution in [0.15, 0.2) is 61.1 Å². The number of hydrogen-bond donors (Lipinski definition) is 1. The molecule has 0 unspecified atom stereocenters. The molecule has 4 rings (SSSR count). The molecule has 1 aliphatic heterocycles. The molecule has 1 amide bonds. The summed E-state index contributed by atoms with van der Waals surface area (Å²) >= 11 is 6.34. The number of likely N-dealkylation sites (tertiary alicyclic amines) is 1. The molecule has 0 spiro atoms. The van der Waals surface area contributed by atoms with E-state index in [1.54, 1.807) is 0 Å². The van der Waals surface area contributed by atoms with Gasteiger partial charge in [-0.15, -0.1) is 0 Å². The quantitative estimate of drug-likeness (QED) is 0.596. The molecule has 1 aromatic heterocycles. The van der Waals surface area contributed by atoms with E-state index in [1.807, 2.05) is 47.8 Å². The predicted octanol–water partition coefficient (Wildman–Crippen LogP) is 4.04. The van der Waals surface area contributed by atoms with Crippen molar-refractivity contribution in [1.82, 2.24) is 19.8 Å². The van der Waals surface area contributed by atoms with Crippen LogP contribution >= 0.6 is 11.6 Å². The second kappa shape index (κ2) is 9.45. The molecule has 1 N–H and O–H groups in total. The van der Waals surface area contributed by atoms with Gasteiger partial charge in [0.1, 0.15) is 0 Å². The van der Waals surface area contributed by atoms with E-state index in [2.05, 4.69) is 40.0 Å². The Bertz CT molecular complexity index is 1000. The molecule has 0 radical (unpaired) electrons. The van der Waals surface area contributed by atoms with Crippen molar-refractivity contribution < 1.29 is 4.79 Å². The number of hydrogen-bond acceptors (Lipinski definition) is 3. The maximum atomic E-state index is 12.9. The van der Waals surface area contributed by atoms with Crippen LogP contribution in [-0.2, 0) is 30.8 Å². The molecule has 156 valence electrons. The monoisotopic (exact) mass is 422 g/mol. The van der Waals surface area contributed by atoms with Crippen molar-refractivity contribution in [3.05, 3.63) is 88.5 Å². The van der Waals surface area contributed by atoms with Crippen molar-refractivity contribution in [1.29, 1.82) is 0 Å². The Hall–Kier alpha value is -2.63. The van der Waals surface area contributed by atoms with Crippen LogP contribution in [0.3, 0.4) is 0 Å². The van der Waals surface area contributed by atoms with Crippen LogP contribution in [0.1, 0.15) is 35.7 Å². The first-order valence-electron chi connectivity index (χ1n) is 10.5. The molecule has 0 saturated carbocycles. The van der Waals surface area contributed by atoms with Crippen LogP contribution in [0.2, 0.25) is 5.02 Å². The van der Waals surface area contributed by atoms with Gasteiger partial charge in [-0.2, -0.15) is 0 Å². The second-order valence-electron chi connectivity index (χ2n) is 7.71. The van der Waals surface area contributed by atoms with Crippen molar-refractivity contribution in [2.24, 2.45) is 0 Å². The van der Waals surface area contributed by atoms with Crippen LogP contribution in [0.5, 0.6) is 0 Å². The zero-order valence-electron chi connectivity index (χ0n) is 17.2. The minimum absolute atomic E-state index is 0.158. The summed E-state index contributed by atoms with van der Waals surface area (Å²) in [7, 11) is 0. The summed E-state index contributed by atoms with van der Waals surface area (Å²) in [5.41, 5.74) is 4.58. The largest absolute Gasteiger partial charge is 0.337 e. The van der Waals surface area contributed by atoms with Gasteiger partial charge in [0.25, 0.3) is 0 Å². The Morgan fingerprint density at radius 3 is 2.77 bits per heavy atom. The van der Waals surface area contributed by atoms with Gasteiger partial charge in [-0.1, -0.05) is 61.0 Å². The number of amides is 1. The number of imidazole rings is 1. The van der Waals surface area contributed by atoms with Gasteiger partial charge >= 0.3 is 0 Å². The summed E-state index contributed by atoms with van der Waals surface area (Å²) in [6, 6.07) is 16.1. The molecule has 1 saturated heterocycles. The fraction of sp³-hybridized carbons (Fsp3) is 0.333. The highest BCUT2D eigenvalue weighted by atomic mass is 35.5. The second-order valence-corrected chi connectivity index (χ2v) is 8.12. The van der Waals surface area contributed by atoms with E-state index >= 15 is 0 Å². The van der Waals surface area contributed by atoms with Gasteiger partial charge in [0.05, 0.1) is 18.1 Å². The van der Waals surface area contributed by atoms with Gasteiger partial charge in [-0.05, 0) is 35.6 Å². The molecule has 2 aromatic carbocycles. The van der Waals surface area contributed by atoms with Crippen LogP contribution < -0.4 is 5.32 Å².